The zero-order chi connectivity index (χ0) is 16.2. The van der Waals surface area contributed by atoms with Gasteiger partial charge in [0.1, 0.15) is 6.61 Å². The van der Waals surface area contributed by atoms with Gasteiger partial charge in [-0.2, -0.15) is 0 Å². The molecule has 0 unspecified atom stereocenters. The highest BCUT2D eigenvalue weighted by molar-refractivity contribution is 5.96. The topological polar surface area (TPSA) is 77.1 Å². The van der Waals surface area contributed by atoms with E-state index in [1.54, 1.807) is 4.90 Å². The summed E-state index contributed by atoms with van der Waals surface area (Å²) in [5, 5.41) is 2.81. The first-order chi connectivity index (χ1) is 11.2. The Morgan fingerprint density at radius 1 is 1.39 bits per heavy atom. The fourth-order valence-corrected chi connectivity index (χ4v) is 2.72. The number of nitrogens with one attached hydrogen (secondary N) is 1. The summed E-state index contributed by atoms with van der Waals surface area (Å²) in [5.74, 6) is 1.34. The molecule has 0 aliphatic carbocycles. The maximum Gasteiger partial charge on any atom is 0.246 e. The van der Waals surface area contributed by atoms with Gasteiger partial charge in [-0.05, 0) is 19.1 Å². The van der Waals surface area contributed by atoms with E-state index in [2.05, 4.69) is 5.32 Å². The summed E-state index contributed by atoms with van der Waals surface area (Å²) < 4.78 is 15.7. The Bertz CT molecular complexity index is 604. The predicted molar refractivity (Wildman–Crippen MR) is 82.5 cm³/mol. The number of carbonyl (C=O) groups is 2. The van der Waals surface area contributed by atoms with Crippen LogP contribution in [-0.4, -0.2) is 44.9 Å². The average Bonchev–Trinajstić information content (AvgIpc) is 3.16. The van der Waals surface area contributed by atoms with Crippen LogP contribution in [0.1, 0.15) is 13.3 Å². The molecule has 7 nitrogen and oxygen atoms in total. The normalized spacial score (nSPS) is 19.3. The standard InChI is InChI=1S/C16H20N2O5/c1-2-21-9-15(19)17-7-11-5-16(20)18(8-11)12-3-4-13-14(6-12)23-10-22-13/h3-4,6,11H,2,5,7-10H2,1H3,(H,17,19)/t11-/m1/s1. The van der Waals surface area contributed by atoms with E-state index in [4.69, 9.17) is 14.2 Å². The highest BCUT2D eigenvalue weighted by Crippen LogP contribution is 2.37. The smallest absolute Gasteiger partial charge is 0.246 e. The number of anilines is 1. The molecule has 2 amide bonds. The van der Waals surface area contributed by atoms with Crippen LogP contribution in [0.4, 0.5) is 5.69 Å². The minimum atomic E-state index is -0.152. The Balaban J connectivity index is 1.56. The fraction of sp³-hybridized carbons (Fsp3) is 0.500. The van der Waals surface area contributed by atoms with Crippen molar-refractivity contribution in [2.24, 2.45) is 5.92 Å². The molecule has 0 radical (unpaired) electrons. The summed E-state index contributed by atoms with van der Waals surface area (Å²) in [6, 6.07) is 5.47. The van der Waals surface area contributed by atoms with Crippen molar-refractivity contribution < 1.29 is 23.8 Å². The van der Waals surface area contributed by atoms with E-state index in [0.29, 0.717) is 37.6 Å². The lowest BCUT2D eigenvalue weighted by atomic mass is 10.1. The summed E-state index contributed by atoms with van der Waals surface area (Å²) in [7, 11) is 0. The molecule has 0 bridgehead atoms. The molecule has 1 fully saturated rings. The Hall–Kier alpha value is -2.28. The quantitative estimate of drug-likeness (QED) is 0.843. The molecule has 1 saturated heterocycles. The average molecular weight is 320 g/mol. The van der Waals surface area contributed by atoms with E-state index in [1.165, 1.54) is 0 Å². The number of carbonyl (C=O) groups excluding carboxylic acids is 2. The van der Waals surface area contributed by atoms with E-state index in [1.807, 2.05) is 25.1 Å². The molecule has 23 heavy (non-hydrogen) atoms. The molecule has 1 aromatic carbocycles. The van der Waals surface area contributed by atoms with Gasteiger partial charge in [0.25, 0.3) is 0 Å². The lowest BCUT2D eigenvalue weighted by molar-refractivity contribution is -0.125. The second kappa shape index (κ2) is 6.87. The summed E-state index contributed by atoms with van der Waals surface area (Å²) >= 11 is 0. The number of ether oxygens (including phenoxy) is 3. The van der Waals surface area contributed by atoms with Crippen LogP contribution in [0.25, 0.3) is 0 Å². The predicted octanol–water partition coefficient (Wildman–Crippen LogP) is 0.921. The van der Waals surface area contributed by atoms with Crippen molar-refractivity contribution in [2.45, 2.75) is 13.3 Å². The van der Waals surface area contributed by atoms with Crippen molar-refractivity contribution in [2.75, 3.05) is 38.0 Å². The first-order valence-electron chi connectivity index (χ1n) is 7.72. The lowest BCUT2D eigenvalue weighted by Crippen LogP contribution is -2.33. The first kappa shape index (κ1) is 15.6. The number of rotatable bonds is 6. The van der Waals surface area contributed by atoms with Crippen molar-refractivity contribution in [3.05, 3.63) is 18.2 Å². The van der Waals surface area contributed by atoms with E-state index in [0.717, 1.165) is 5.69 Å². The van der Waals surface area contributed by atoms with E-state index >= 15 is 0 Å². The van der Waals surface area contributed by atoms with Crippen LogP contribution >= 0.6 is 0 Å². The molecule has 3 rings (SSSR count). The molecule has 2 heterocycles. The van der Waals surface area contributed by atoms with Gasteiger partial charge in [-0.25, -0.2) is 0 Å². The molecule has 0 saturated carbocycles. The molecule has 7 heteroatoms. The van der Waals surface area contributed by atoms with Crippen molar-refractivity contribution in [1.82, 2.24) is 5.32 Å². The van der Waals surface area contributed by atoms with Crippen LogP contribution in [0.5, 0.6) is 11.5 Å². The second-order valence-electron chi connectivity index (χ2n) is 5.55. The highest BCUT2D eigenvalue weighted by atomic mass is 16.7. The molecular weight excluding hydrogens is 300 g/mol. The molecule has 2 aliphatic heterocycles. The minimum absolute atomic E-state index is 0.0490. The third kappa shape index (κ3) is 3.56. The van der Waals surface area contributed by atoms with E-state index < -0.39 is 0 Å². The monoisotopic (exact) mass is 320 g/mol. The van der Waals surface area contributed by atoms with Gasteiger partial charge in [0.15, 0.2) is 11.5 Å². The van der Waals surface area contributed by atoms with Crippen molar-refractivity contribution >= 4 is 17.5 Å². The van der Waals surface area contributed by atoms with Crippen molar-refractivity contribution in [3.8, 4) is 11.5 Å². The summed E-state index contributed by atoms with van der Waals surface area (Å²) in [6.45, 7) is 3.66. The van der Waals surface area contributed by atoms with Crippen LogP contribution < -0.4 is 19.7 Å². The molecule has 2 aliphatic rings. The molecule has 124 valence electrons. The van der Waals surface area contributed by atoms with E-state index in [9.17, 15) is 9.59 Å². The van der Waals surface area contributed by atoms with Crippen LogP contribution in [-0.2, 0) is 14.3 Å². The van der Waals surface area contributed by atoms with E-state index in [-0.39, 0.29) is 31.1 Å². The maximum absolute atomic E-state index is 12.2. The first-order valence-corrected chi connectivity index (χ1v) is 7.72. The third-order valence-corrected chi connectivity index (χ3v) is 3.90. The minimum Gasteiger partial charge on any atom is -0.454 e. The van der Waals surface area contributed by atoms with Gasteiger partial charge in [0.2, 0.25) is 18.6 Å². The van der Waals surface area contributed by atoms with Gasteiger partial charge in [-0.15, -0.1) is 0 Å². The second-order valence-corrected chi connectivity index (χ2v) is 5.55. The van der Waals surface area contributed by atoms with Crippen LogP contribution in [0, 0.1) is 5.92 Å². The Labute approximate surface area is 134 Å². The van der Waals surface area contributed by atoms with Gasteiger partial charge in [0, 0.05) is 43.8 Å². The number of amides is 2. The third-order valence-electron chi connectivity index (χ3n) is 3.90. The largest absolute Gasteiger partial charge is 0.454 e. The van der Waals surface area contributed by atoms with Gasteiger partial charge in [-0.1, -0.05) is 0 Å². The highest BCUT2D eigenvalue weighted by Gasteiger charge is 2.31. The summed E-state index contributed by atoms with van der Waals surface area (Å²) in [5.41, 5.74) is 0.794. The number of hydrogen-bond donors (Lipinski definition) is 1. The van der Waals surface area contributed by atoms with Crippen LogP contribution in [0.2, 0.25) is 0 Å². The summed E-state index contributed by atoms with van der Waals surface area (Å²) in [6.07, 6.45) is 0.420. The van der Waals surface area contributed by atoms with Crippen LogP contribution in [0.3, 0.4) is 0 Å². The van der Waals surface area contributed by atoms with Crippen molar-refractivity contribution in [1.29, 1.82) is 0 Å². The zero-order valence-electron chi connectivity index (χ0n) is 13.0. The molecule has 1 N–H and O–H groups in total. The molecular formula is C16H20N2O5. The van der Waals surface area contributed by atoms with Crippen molar-refractivity contribution in [3.63, 3.8) is 0 Å². The van der Waals surface area contributed by atoms with Gasteiger partial charge in [0.05, 0.1) is 0 Å². The SMILES string of the molecule is CCOCC(=O)NC[C@H]1CC(=O)N(c2ccc3c(c2)OCO3)C1. The molecule has 1 atom stereocenters. The Morgan fingerprint density at radius 2 is 2.22 bits per heavy atom. The van der Waals surface area contributed by atoms with Crippen LogP contribution in [0.15, 0.2) is 18.2 Å². The summed E-state index contributed by atoms with van der Waals surface area (Å²) in [4.78, 5) is 25.5. The van der Waals surface area contributed by atoms with Gasteiger partial charge in [-0.3, -0.25) is 9.59 Å². The number of nitrogens with zero attached hydrogens (tertiary/aromatic N) is 1. The zero-order valence-corrected chi connectivity index (χ0v) is 13.0. The van der Waals surface area contributed by atoms with Gasteiger partial charge < -0.3 is 24.4 Å². The molecule has 0 aromatic heterocycles. The maximum atomic E-state index is 12.2. The number of benzene rings is 1. The number of fused-ring (bicyclic) bond motifs is 1. The lowest BCUT2D eigenvalue weighted by Gasteiger charge is -2.17. The Morgan fingerprint density at radius 3 is 3.04 bits per heavy atom. The Kier molecular flexibility index (Phi) is 4.66. The molecule has 0 spiro atoms. The fourth-order valence-electron chi connectivity index (χ4n) is 2.72. The van der Waals surface area contributed by atoms with Gasteiger partial charge >= 0.3 is 0 Å². The number of hydrogen-bond acceptors (Lipinski definition) is 5. The molecule has 1 aromatic rings.